The summed E-state index contributed by atoms with van der Waals surface area (Å²) in [6.45, 7) is 3.63. The third kappa shape index (κ3) is 19.2. The van der Waals surface area contributed by atoms with Gasteiger partial charge in [0, 0.05) is 34.1 Å². The number of hydrogen-bond donors (Lipinski definition) is 0. The van der Waals surface area contributed by atoms with Crippen molar-refractivity contribution in [2.45, 2.75) is 30.8 Å². The van der Waals surface area contributed by atoms with E-state index in [1.807, 2.05) is 170 Å². The Balaban J connectivity index is 0.000000316. The molecule has 0 radical (unpaired) electrons. The first-order chi connectivity index (χ1) is 32.1. The summed E-state index contributed by atoms with van der Waals surface area (Å²) in [5, 5.41) is 0. The van der Waals surface area contributed by atoms with Crippen molar-refractivity contribution in [1.82, 2.24) is 0 Å². The average molecular weight is 956 g/mol. The zero-order valence-electron chi connectivity index (χ0n) is 37.8. The van der Waals surface area contributed by atoms with Gasteiger partial charge in [-0.15, -0.1) is 47.0 Å². The molecule has 0 saturated heterocycles. The first kappa shape index (κ1) is 48.7. The van der Waals surface area contributed by atoms with Gasteiger partial charge in [-0.1, -0.05) is 257 Å². The highest BCUT2D eigenvalue weighted by Crippen LogP contribution is 2.32. The Kier molecular flexibility index (Phi) is 23.7. The van der Waals surface area contributed by atoms with Crippen LogP contribution in [0.4, 0.5) is 0 Å². The van der Waals surface area contributed by atoms with E-state index in [1.54, 1.807) is 23.5 Å². The second-order valence-electron chi connectivity index (χ2n) is 13.7. The number of benzene rings is 7. The molecular formula is C55H55BO2S6. The number of carbonyl (C=O) groups is 2. The summed E-state index contributed by atoms with van der Waals surface area (Å²) in [6.07, 6.45) is 1.83. The molecule has 0 saturated carbocycles. The fourth-order valence-electron chi connectivity index (χ4n) is 6.03. The molecule has 64 heavy (non-hydrogen) atoms. The topological polar surface area (TPSA) is 34.1 Å². The van der Waals surface area contributed by atoms with Crippen LogP contribution in [0, 0.1) is 0 Å². The summed E-state index contributed by atoms with van der Waals surface area (Å²) in [6, 6.07) is 69.4. The SMILES string of the molecule is C.C=Cc1ccccc1.O=C(c1ccccc1)C(CSC(=S)SCC(C(=O)c1ccccc1)c1ccccc1)c1ccccc1.S=C(SCc1ccccc1)SCc1ccccc1.[2H]B([3H])[3H]. The van der Waals surface area contributed by atoms with Crippen molar-refractivity contribution >= 4 is 104 Å². The van der Waals surface area contributed by atoms with Gasteiger partial charge in [0.05, 0.1) is 20.1 Å². The second kappa shape index (κ2) is 31.2. The molecule has 0 aliphatic heterocycles. The maximum absolute atomic E-state index is 13.3. The molecule has 0 fully saturated rings. The van der Waals surface area contributed by atoms with Gasteiger partial charge in [-0.2, -0.15) is 0 Å². The molecule has 0 amide bonds. The smallest absolute Gasteiger partial charge is 0.171 e. The van der Waals surface area contributed by atoms with Crippen LogP contribution in [0.2, 0.25) is 0 Å². The van der Waals surface area contributed by atoms with Crippen LogP contribution in [0.15, 0.2) is 219 Å². The Labute approximate surface area is 415 Å². The summed E-state index contributed by atoms with van der Waals surface area (Å²) in [7, 11) is -1.42. The lowest BCUT2D eigenvalue weighted by atomic mass is 9.92. The first-order valence-electron chi connectivity index (χ1n) is 21.8. The molecule has 0 aliphatic carbocycles. The van der Waals surface area contributed by atoms with Crippen molar-refractivity contribution in [2.75, 3.05) is 11.5 Å². The fourth-order valence-corrected chi connectivity index (χ4v) is 10.5. The number of thiocarbonyl (C=S) groups is 2. The van der Waals surface area contributed by atoms with Gasteiger partial charge in [0.25, 0.3) is 0 Å². The van der Waals surface area contributed by atoms with E-state index in [2.05, 4.69) is 55.1 Å². The minimum atomic E-state index is -1.42. The van der Waals surface area contributed by atoms with E-state index in [-0.39, 0.29) is 30.8 Å². The lowest BCUT2D eigenvalue weighted by Gasteiger charge is -2.18. The predicted molar refractivity (Wildman–Crippen MR) is 299 cm³/mol. The highest BCUT2D eigenvalue weighted by Gasteiger charge is 2.25. The fraction of sp³-hybridized carbons (Fsp3) is 0.127. The summed E-state index contributed by atoms with van der Waals surface area (Å²) in [5.74, 6) is 2.59. The second-order valence-corrected chi connectivity index (χ2v) is 20.1. The summed E-state index contributed by atoms with van der Waals surface area (Å²) in [5.41, 5.74) is 7.18. The van der Waals surface area contributed by atoms with Gasteiger partial charge >= 0.3 is 0 Å². The number of rotatable bonds is 15. The van der Waals surface area contributed by atoms with E-state index in [1.165, 1.54) is 40.2 Å². The molecule has 0 spiro atoms. The minimum Gasteiger partial charge on any atom is -0.293 e. The Morgan fingerprint density at radius 3 is 1.11 bits per heavy atom. The minimum absolute atomic E-state index is 0. The van der Waals surface area contributed by atoms with Gasteiger partial charge in [-0.05, 0) is 31.8 Å². The highest BCUT2D eigenvalue weighted by molar-refractivity contribution is 8.47. The molecule has 0 bridgehead atoms. The summed E-state index contributed by atoms with van der Waals surface area (Å²) < 4.78 is 19.5. The van der Waals surface area contributed by atoms with Crippen molar-refractivity contribution in [2.24, 2.45) is 0 Å². The molecule has 0 aliphatic rings. The van der Waals surface area contributed by atoms with E-state index in [9.17, 15) is 9.59 Å². The molecule has 9 heteroatoms. The third-order valence-electron chi connectivity index (χ3n) is 9.32. The lowest BCUT2D eigenvalue weighted by molar-refractivity contribution is 0.0960. The van der Waals surface area contributed by atoms with Gasteiger partial charge in [0.1, 0.15) is 7.06 Å². The molecule has 0 heterocycles. The quantitative estimate of drug-likeness (QED) is 0.0571. The predicted octanol–water partition coefficient (Wildman–Crippen LogP) is 15.0. The molecule has 326 valence electrons. The molecule has 2 atom stereocenters. The van der Waals surface area contributed by atoms with E-state index in [0.717, 1.165) is 29.7 Å². The largest absolute Gasteiger partial charge is 0.293 e. The Morgan fingerprint density at radius 2 is 0.797 bits per heavy atom. The standard InChI is InChI=1S/C31H26O2S3.C15H14S3.C8H8.CH4.BH3/c32-29(25-17-9-3-10-18-25)27(23-13-5-1-6-14-23)21-35-31(34)36-22-28(24-15-7-2-8-16-24)30(33)26-19-11-4-12-20-26;16-15(17-11-13-7-3-1-4-8-13)18-12-14-9-5-2-6-10-14;1-2-8-6-4-3-5-7-8;;/h1-20,27-28H,21-22H2;1-10H,11-12H2;2-7H,1H2;1H4;1H3/i;;;;1T2D. The van der Waals surface area contributed by atoms with Crippen molar-refractivity contribution < 1.29 is 9.59 Å². The monoisotopic (exact) mass is 955 g/mol. The van der Waals surface area contributed by atoms with E-state index in [4.69, 9.17) is 28.4 Å². The number of carbonyl (C=O) groups excluding carboxylic acids is 2. The van der Waals surface area contributed by atoms with Gasteiger partial charge in [0.15, 0.2) is 11.6 Å². The maximum Gasteiger partial charge on any atom is 0.171 e. The van der Waals surface area contributed by atoms with E-state index in [0.29, 0.717) is 22.6 Å². The van der Waals surface area contributed by atoms with Crippen LogP contribution in [0.25, 0.3) is 6.08 Å². The zero-order chi connectivity index (χ0) is 47.2. The third-order valence-corrected chi connectivity index (χ3v) is 15.1. The van der Waals surface area contributed by atoms with Crippen LogP contribution in [0.3, 0.4) is 0 Å². The zero-order valence-corrected chi connectivity index (χ0v) is 39.7. The molecule has 0 aromatic heterocycles. The summed E-state index contributed by atoms with van der Waals surface area (Å²) in [4.78, 5) is 26.7. The van der Waals surface area contributed by atoms with Crippen LogP contribution >= 0.6 is 71.5 Å². The van der Waals surface area contributed by atoms with Crippen LogP contribution in [-0.4, -0.2) is 42.4 Å². The molecule has 2 nitrogen and oxygen atoms in total. The molecular weight excluding hydrogens is 896 g/mol. The highest BCUT2D eigenvalue weighted by atomic mass is 32.2. The number of hydrogen-bond acceptors (Lipinski definition) is 8. The van der Waals surface area contributed by atoms with Crippen molar-refractivity contribution in [3.05, 3.63) is 258 Å². The molecule has 2 unspecified atom stereocenters. The number of Topliss-reactive ketones (excluding diaryl/α,β-unsaturated/α-hetero) is 2. The lowest BCUT2D eigenvalue weighted by Crippen LogP contribution is -2.17. The van der Waals surface area contributed by atoms with Gasteiger partial charge in [-0.25, -0.2) is 0 Å². The van der Waals surface area contributed by atoms with Crippen molar-refractivity contribution in [1.29, 1.82) is 4.01 Å². The molecule has 7 aromatic carbocycles. The van der Waals surface area contributed by atoms with E-state index >= 15 is 0 Å². The van der Waals surface area contributed by atoms with Crippen molar-refractivity contribution in [3.63, 3.8) is 0 Å². The Bertz CT molecular complexity index is 2310. The first-order valence-corrected chi connectivity index (χ1v) is 24.8. The summed E-state index contributed by atoms with van der Waals surface area (Å²) >= 11 is 17.6. The molecule has 0 N–H and O–H groups in total. The number of thioether (sulfide) groups is 4. The normalized spacial score (nSPS) is 11.4. The van der Waals surface area contributed by atoms with Crippen molar-refractivity contribution in [3.8, 4) is 0 Å². The van der Waals surface area contributed by atoms with Crippen LogP contribution < -0.4 is 0 Å². The van der Waals surface area contributed by atoms with Gasteiger partial charge in [0.2, 0.25) is 0 Å². The Hall–Kier alpha value is -4.74. The average Bonchev–Trinajstić information content (AvgIpc) is 3.37. The van der Waals surface area contributed by atoms with Crippen LogP contribution in [-0.2, 0) is 11.5 Å². The van der Waals surface area contributed by atoms with E-state index < -0.39 is 8.30 Å². The van der Waals surface area contributed by atoms with Gasteiger partial charge in [-0.3, -0.25) is 9.59 Å². The molecule has 7 rings (SSSR count). The van der Waals surface area contributed by atoms with Crippen LogP contribution in [0.5, 0.6) is 0 Å². The Morgan fingerprint density at radius 1 is 0.516 bits per heavy atom. The van der Waals surface area contributed by atoms with Crippen LogP contribution in [0.1, 0.15) is 67.8 Å². The number of ketones is 2. The molecule has 7 aromatic rings. The van der Waals surface area contributed by atoms with Gasteiger partial charge < -0.3 is 0 Å². The maximum atomic E-state index is 13.3.